The van der Waals surface area contributed by atoms with Gasteiger partial charge in [0.05, 0.1) is 24.8 Å². The summed E-state index contributed by atoms with van der Waals surface area (Å²) in [7, 11) is 0. The normalized spacial score (nSPS) is 16.8. The number of aliphatic hydroxyl groups is 1. The monoisotopic (exact) mass is 521 g/mol. The number of phenols is 1. The lowest BCUT2D eigenvalue weighted by atomic mass is 9.94. The number of ketones is 1. The van der Waals surface area contributed by atoms with Crippen LogP contribution in [0.4, 0.5) is 5.69 Å². The maximum atomic E-state index is 13.4. The Hall–Kier alpha value is -3.97. The van der Waals surface area contributed by atoms with Gasteiger partial charge in [-0.15, -0.1) is 0 Å². The molecule has 37 heavy (non-hydrogen) atoms. The first-order valence-electron chi connectivity index (χ1n) is 11.9. The van der Waals surface area contributed by atoms with Crippen LogP contribution in [-0.4, -0.2) is 35.1 Å². The number of nitrogens with zero attached hydrogens (tertiary/aromatic N) is 1. The molecule has 0 bridgehead atoms. The van der Waals surface area contributed by atoms with Crippen LogP contribution >= 0.6 is 11.6 Å². The molecule has 1 unspecified atom stereocenters. The van der Waals surface area contributed by atoms with Crippen molar-refractivity contribution in [3.63, 3.8) is 0 Å². The van der Waals surface area contributed by atoms with Crippen molar-refractivity contribution in [1.29, 1.82) is 0 Å². The number of Topliss-reactive ketones (excluding diaryl/α,β-unsaturated/α-hetero) is 1. The van der Waals surface area contributed by atoms with E-state index in [9.17, 15) is 19.8 Å². The van der Waals surface area contributed by atoms with Gasteiger partial charge in [0.2, 0.25) is 0 Å². The van der Waals surface area contributed by atoms with Crippen molar-refractivity contribution < 1.29 is 29.3 Å². The van der Waals surface area contributed by atoms with Crippen molar-refractivity contribution in [1.82, 2.24) is 0 Å². The summed E-state index contributed by atoms with van der Waals surface area (Å²) in [6.07, 6.45) is 0. The summed E-state index contributed by atoms with van der Waals surface area (Å²) >= 11 is 6.36. The first-order chi connectivity index (χ1) is 17.7. The first kappa shape index (κ1) is 26.1. The predicted molar refractivity (Wildman–Crippen MR) is 143 cm³/mol. The Morgan fingerprint density at radius 2 is 1.62 bits per heavy atom. The van der Waals surface area contributed by atoms with Crippen LogP contribution in [0.25, 0.3) is 5.76 Å². The van der Waals surface area contributed by atoms with Crippen molar-refractivity contribution in [2.75, 3.05) is 18.1 Å². The van der Waals surface area contributed by atoms with E-state index in [4.69, 9.17) is 21.1 Å². The van der Waals surface area contributed by atoms with Gasteiger partial charge in [0.25, 0.3) is 11.7 Å². The number of halogens is 1. The maximum absolute atomic E-state index is 13.4. The highest BCUT2D eigenvalue weighted by Crippen LogP contribution is 2.44. The van der Waals surface area contributed by atoms with Crippen LogP contribution < -0.4 is 14.4 Å². The van der Waals surface area contributed by atoms with Gasteiger partial charge < -0.3 is 19.7 Å². The fourth-order valence-electron chi connectivity index (χ4n) is 4.39. The molecule has 0 radical (unpaired) electrons. The molecule has 1 atom stereocenters. The van der Waals surface area contributed by atoms with E-state index < -0.39 is 17.7 Å². The van der Waals surface area contributed by atoms with Crippen LogP contribution in [0.5, 0.6) is 17.2 Å². The highest BCUT2D eigenvalue weighted by Gasteiger charge is 2.47. The maximum Gasteiger partial charge on any atom is 0.300 e. The molecule has 2 N–H and O–H groups in total. The van der Waals surface area contributed by atoms with Crippen molar-refractivity contribution >= 4 is 34.7 Å². The Morgan fingerprint density at radius 1 is 0.919 bits per heavy atom. The quantitative estimate of drug-likeness (QED) is 0.222. The molecule has 1 saturated heterocycles. The number of hydrogen-bond donors (Lipinski definition) is 2. The van der Waals surface area contributed by atoms with Crippen LogP contribution in [-0.2, 0) is 9.59 Å². The average Bonchev–Trinajstić information content (AvgIpc) is 3.13. The molecule has 0 aliphatic carbocycles. The third-order valence-corrected chi connectivity index (χ3v) is 6.63. The molecule has 1 aliphatic heterocycles. The Labute approximate surface area is 220 Å². The second-order valence-corrected chi connectivity index (χ2v) is 9.08. The van der Waals surface area contributed by atoms with Crippen molar-refractivity contribution in [3.8, 4) is 17.2 Å². The zero-order valence-electron chi connectivity index (χ0n) is 21.0. The second kappa shape index (κ2) is 10.6. The summed E-state index contributed by atoms with van der Waals surface area (Å²) in [5.74, 6) is -1.18. The Morgan fingerprint density at radius 3 is 2.27 bits per heavy atom. The van der Waals surface area contributed by atoms with Gasteiger partial charge >= 0.3 is 0 Å². The minimum absolute atomic E-state index is 0.0805. The number of rotatable bonds is 7. The zero-order chi connectivity index (χ0) is 26.9. The predicted octanol–water partition coefficient (Wildman–Crippen LogP) is 6.09. The van der Waals surface area contributed by atoms with Gasteiger partial charge in [-0.3, -0.25) is 14.5 Å². The summed E-state index contributed by atoms with van der Waals surface area (Å²) in [5.41, 5.74) is 2.74. The van der Waals surface area contributed by atoms with Gasteiger partial charge in [0.15, 0.2) is 11.5 Å². The van der Waals surface area contributed by atoms with E-state index in [0.29, 0.717) is 40.8 Å². The van der Waals surface area contributed by atoms with Crippen LogP contribution in [0.1, 0.15) is 42.1 Å². The smallest absolute Gasteiger partial charge is 0.300 e. The molecule has 0 spiro atoms. The summed E-state index contributed by atoms with van der Waals surface area (Å²) in [6.45, 7) is 8.11. The molecule has 8 heteroatoms. The van der Waals surface area contributed by atoms with E-state index in [0.717, 1.165) is 11.1 Å². The third kappa shape index (κ3) is 4.87. The molecule has 1 aliphatic rings. The largest absolute Gasteiger partial charge is 0.507 e. The SMILES string of the molecule is CCOc1ccc(/C(O)=C2\C(=O)C(=O)N(c3ccc(C)c(Cl)c3)C2c2ccc(O)c(OCC)c2)cc1C. The lowest BCUT2D eigenvalue weighted by Gasteiger charge is -2.26. The van der Waals surface area contributed by atoms with Gasteiger partial charge in [-0.05, 0) is 86.8 Å². The average molecular weight is 522 g/mol. The number of phenolic OH excluding ortho intramolecular Hbond substituents is 1. The second-order valence-electron chi connectivity index (χ2n) is 8.68. The topological polar surface area (TPSA) is 96.3 Å². The van der Waals surface area contributed by atoms with Crippen LogP contribution in [0.15, 0.2) is 60.2 Å². The lowest BCUT2D eigenvalue weighted by Crippen LogP contribution is -2.29. The van der Waals surface area contributed by atoms with Gasteiger partial charge in [0, 0.05) is 16.3 Å². The molecule has 0 aromatic heterocycles. The van der Waals surface area contributed by atoms with Crippen LogP contribution in [0, 0.1) is 13.8 Å². The molecular formula is C29H28ClNO6. The Kier molecular flexibility index (Phi) is 7.45. The van der Waals surface area contributed by atoms with Crippen molar-refractivity contribution in [2.45, 2.75) is 33.7 Å². The molecule has 3 aromatic rings. The van der Waals surface area contributed by atoms with Crippen LogP contribution in [0.2, 0.25) is 5.02 Å². The number of hydrogen-bond acceptors (Lipinski definition) is 6. The number of aliphatic hydroxyl groups excluding tert-OH is 1. The van der Waals surface area contributed by atoms with Crippen LogP contribution in [0.3, 0.4) is 0 Å². The van der Waals surface area contributed by atoms with E-state index in [-0.39, 0.29) is 22.8 Å². The molecule has 1 heterocycles. The molecule has 1 fully saturated rings. The Bertz CT molecular complexity index is 1410. The number of aromatic hydroxyl groups is 1. The number of aryl methyl sites for hydroxylation is 2. The minimum Gasteiger partial charge on any atom is -0.507 e. The molecule has 3 aromatic carbocycles. The molecule has 0 saturated carbocycles. The summed E-state index contributed by atoms with van der Waals surface area (Å²) in [4.78, 5) is 28.1. The van der Waals surface area contributed by atoms with Gasteiger partial charge in [0.1, 0.15) is 11.5 Å². The lowest BCUT2D eigenvalue weighted by molar-refractivity contribution is -0.132. The zero-order valence-corrected chi connectivity index (χ0v) is 21.8. The van der Waals surface area contributed by atoms with Gasteiger partial charge in [-0.1, -0.05) is 23.7 Å². The highest BCUT2D eigenvalue weighted by molar-refractivity contribution is 6.51. The van der Waals surface area contributed by atoms with Gasteiger partial charge in [-0.25, -0.2) is 0 Å². The van der Waals surface area contributed by atoms with E-state index in [2.05, 4.69) is 0 Å². The summed E-state index contributed by atoms with van der Waals surface area (Å²) in [5, 5.41) is 22.1. The molecule has 7 nitrogen and oxygen atoms in total. The molecular weight excluding hydrogens is 494 g/mol. The number of benzene rings is 3. The Balaban J connectivity index is 1.95. The first-order valence-corrected chi connectivity index (χ1v) is 12.3. The number of ether oxygens (including phenoxy) is 2. The van der Waals surface area contributed by atoms with E-state index >= 15 is 0 Å². The fraction of sp³-hybridized carbons (Fsp3) is 0.241. The van der Waals surface area contributed by atoms with E-state index in [1.165, 1.54) is 11.0 Å². The molecule has 1 amide bonds. The fourth-order valence-corrected chi connectivity index (χ4v) is 4.56. The molecule has 4 rings (SSSR count). The van der Waals surface area contributed by atoms with Crippen molar-refractivity contribution in [3.05, 3.63) is 87.4 Å². The summed E-state index contributed by atoms with van der Waals surface area (Å²) < 4.78 is 11.1. The highest BCUT2D eigenvalue weighted by atomic mass is 35.5. The van der Waals surface area contributed by atoms with Gasteiger partial charge in [-0.2, -0.15) is 0 Å². The van der Waals surface area contributed by atoms with E-state index in [1.54, 1.807) is 55.5 Å². The number of anilines is 1. The number of carbonyl (C=O) groups is 2. The number of amides is 1. The number of carbonyl (C=O) groups excluding carboxylic acids is 2. The minimum atomic E-state index is -0.995. The molecule has 192 valence electrons. The van der Waals surface area contributed by atoms with E-state index in [1.807, 2.05) is 20.8 Å². The summed E-state index contributed by atoms with van der Waals surface area (Å²) in [6, 6.07) is 13.7. The third-order valence-electron chi connectivity index (χ3n) is 6.23. The standard InChI is InChI=1S/C29H28ClNO6/c1-5-36-23-12-9-19(13-17(23)4)27(33)25-26(18-8-11-22(32)24(14-18)37-6-2)31(29(35)28(25)34)20-10-7-16(3)21(30)15-20/h7-15,26,32-33H,5-6H2,1-4H3/b27-25+. The van der Waals surface area contributed by atoms with Crippen molar-refractivity contribution in [2.24, 2.45) is 0 Å².